The lowest BCUT2D eigenvalue weighted by Gasteiger charge is -2.12. The summed E-state index contributed by atoms with van der Waals surface area (Å²) in [5.74, 6) is 0.0345. The zero-order valence-corrected chi connectivity index (χ0v) is 11.1. The fourth-order valence-electron chi connectivity index (χ4n) is 1.46. The second-order valence-electron chi connectivity index (χ2n) is 4.19. The molecule has 0 aliphatic carbocycles. The first-order valence-corrected chi connectivity index (χ1v) is 6.43. The first-order chi connectivity index (χ1) is 7.47. The molecule has 1 heterocycles. The number of carbonyl (C=O) groups excluding carboxylic acids is 1. The summed E-state index contributed by atoms with van der Waals surface area (Å²) in [6.45, 7) is 7.86. The zero-order valence-electron chi connectivity index (χ0n) is 10.2. The maximum absolute atomic E-state index is 11.9. The van der Waals surface area contributed by atoms with Crippen molar-refractivity contribution in [3.8, 4) is 0 Å². The Morgan fingerprint density at radius 3 is 2.62 bits per heavy atom. The van der Waals surface area contributed by atoms with Gasteiger partial charge < -0.3 is 10.5 Å². The minimum absolute atomic E-state index is 0.114. The van der Waals surface area contributed by atoms with Gasteiger partial charge in [-0.25, -0.2) is 4.79 Å². The van der Waals surface area contributed by atoms with E-state index in [-0.39, 0.29) is 12.1 Å². The molecule has 0 saturated carbocycles. The molecule has 0 bridgehead atoms. The zero-order chi connectivity index (χ0) is 12.3. The molecular formula is C12H19NO2S. The number of esters is 1. The summed E-state index contributed by atoms with van der Waals surface area (Å²) < 4.78 is 5.20. The van der Waals surface area contributed by atoms with Gasteiger partial charge in [0.2, 0.25) is 0 Å². The molecule has 0 aromatic carbocycles. The highest BCUT2D eigenvalue weighted by Gasteiger charge is 2.22. The molecule has 0 spiro atoms. The summed E-state index contributed by atoms with van der Waals surface area (Å²) in [6, 6.07) is 0. The Labute approximate surface area is 101 Å². The Bertz CT molecular complexity index is 371. The van der Waals surface area contributed by atoms with E-state index in [1.807, 2.05) is 19.2 Å². The maximum Gasteiger partial charge on any atom is 0.341 e. The van der Waals surface area contributed by atoms with Crippen LogP contribution in [0.1, 0.15) is 56.0 Å². The average Bonchev–Trinajstić information content (AvgIpc) is 2.58. The van der Waals surface area contributed by atoms with E-state index < -0.39 is 0 Å². The molecule has 1 aromatic rings. The topological polar surface area (TPSA) is 52.3 Å². The van der Waals surface area contributed by atoms with E-state index in [2.05, 4.69) is 13.8 Å². The molecule has 1 rings (SSSR count). The molecular weight excluding hydrogens is 222 g/mol. The lowest BCUT2D eigenvalue weighted by atomic mass is 9.97. The number of rotatable bonds is 4. The first kappa shape index (κ1) is 13.0. The fourth-order valence-corrected chi connectivity index (χ4v) is 2.38. The lowest BCUT2D eigenvalue weighted by molar-refractivity contribution is 0.0378. The molecule has 90 valence electrons. The summed E-state index contributed by atoms with van der Waals surface area (Å²) in [4.78, 5) is 11.9. The van der Waals surface area contributed by atoms with Crippen LogP contribution in [0.2, 0.25) is 0 Å². The predicted molar refractivity (Wildman–Crippen MR) is 68.0 cm³/mol. The van der Waals surface area contributed by atoms with Gasteiger partial charge in [-0.15, -0.1) is 11.3 Å². The van der Waals surface area contributed by atoms with Crippen molar-refractivity contribution in [1.82, 2.24) is 0 Å². The molecule has 0 amide bonds. The fraction of sp³-hybridized carbons (Fsp3) is 0.583. The van der Waals surface area contributed by atoms with Crippen LogP contribution in [0.25, 0.3) is 0 Å². The van der Waals surface area contributed by atoms with Crippen LogP contribution in [0.5, 0.6) is 0 Å². The van der Waals surface area contributed by atoms with Crippen LogP contribution in [-0.4, -0.2) is 12.1 Å². The maximum atomic E-state index is 11.9. The van der Waals surface area contributed by atoms with E-state index in [1.54, 1.807) is 0 Å². The molecule has 4 heteroatoms. The number of nitrogen functional groups attached to an aromatic ring is 1. The Morgan fingerprint density at radius 2 is 2.12 bits per heavy atom. The largest absolute Gasteiger partial charge is 0.459 e. The van der Waals surface area contributed by atoms with Crippen molar-refractivity contribution in [2.45, 2.75) is 46.1 Å². The minimum Gasteiger partial charge on any atom is -0.459 e. The number of carbonyl (C=O) groups is 1. The van der Waals surface area contributed by atoms with Gasteiger partial charge in [0, 0.05) is 0 Å². The van der Waals surface area contributed by atoms with Crippen LogP contribution < -0.4 is 5.73 Å². The van der Waals surface area contributed by atoms with Crippen LogP contribution in [-0.2, 0) is 4.74 Å². The number of nitrogens with two attached hydrogens (primary N) is 1. The summed E-state index contributed by atoms with van der Waals surface area (Å²) in [5, 5.41) is 2.52. The molecule has 2 N–H and O–H groups in total. The van der Waals surface area contributed by atoms with E-state index in [1.165, 1.54) is 11.3 Å². The molecule has 0 fully saturated rings. The Hall–Kier alpha value is -1.03. The van der Waals surface area contributed by atoms with Gasteiger partial charge in [-0.2, -0.15) is 0 Å². The summed E-state index contributed by atoms with van der Waals surface area (Å²) in [6.07, 6.45) is 0.870. The molecule has 1 aromatic heterocycles. The Morgan fingerprint density at radius 1 is 1.50 bits per heavy atom. The molecule has 0 radical (unpaired) electrons. The average molecular weight is 241 g/mol. The number of thiophene rings is 1. The Kier molecular flexibility index (Phi) is 4.35. The van der Waals surface area contributed by atoms with Crippen molar-refractivity contribution >= 4 is 22.3 Å². The molecule has 3 nitrogen and oxygen atoms in total. The standard InChI is InChI=1S/C12H19NO2S/c1-5-8(4)9-6-16-11(13)10(9)12(14)15-7(2)3/h6-8H,5,13H2,1-4H3. The predicted octanol–water partition coefficient (Wildman–Crippen LogP) is 3.41. The highest BCUT2D eigenvalue weighted by molar-refractivity contribution is 7.14. The van der Waals surface area contributed by atoms with Gasteiger partial charge in [-0.3, -0.25) is 0 Å². The third-order valence-corrected chi connectivity index (χ3v) is 3.37. The molecule has 0 aliphatic heterocycles. The Balaban J connectivity index is 3.01. The van der Waals surface area contributed by atoms with Gasteiger partial charge >= 0.3 is 5.97 Å². The van der Waals surface area contributed by atoms with Gasteiger partial charge in [-0.1, -0.05) is 13.8 Å². The number of anilines is 1. The SMILES string of the molecule is CCC(C)c1csc(N)c1C(=O)OC(C)C. The number of ether oxygens (including phenoxy) is 1. The smallest absolute Gasteiger partial charge is 0.341 e. The van der Waals surface area contributed by atoms with E-state index in [0.29, 0.717) is 16.5 Å². The third kappa shape index (κ3) is 2.76. The summed E-state index contributed by atoms with van der Waals surface area (Å²) >= 11 is 1.41. The third-order valence-electron chi connectivity index (χ3n) is 2.54. The van der Waals surface area contributed by atoms with Crippen molar-refractivity contribution in [2.75, 3.05) is 5.73 Å². The van der Waals surface area contributed by atoms with Crippen molar-refractivity contribution in [1.29, 1.82) is 0 Å². The van der Waals surface area contributed by atoms with Gasteiger partial charge in [0.05, 0.1) is 11.7 Å². The van der Waals surface area contributed by atoms with Gasteiger partial charge in [0.1, 0.15) is 5.00 Å². The van der Waals surface area contributed by atoms with Crippen LogP contribution in [0.15, 0.2) is 5.38 Å². The quantitative estimate of drug-likeness (QED) is 0.822. The second kappa shape index (κ2) is 5.34. The molecule has 1 atom stereocenters. The number of hydrogen-bond donors (Lipinski definition) is 1. The number of hydrogen-bond acceptors (Lipinski definition) is 4. The van der Waals surface area contributed by atoms with Crippen molar-refractivity contribution in [3.05, 3.63) is 16.5 Å². The van der Waals surface area contributed by atoms with Crippen LogP contribution >= 0.6 is 11.3 Å². The van der Waals surface area contributed by atoms with Crippen LogP contribution in [0, 0.1) is 0 Å². The second-order valence-corrected chi connectivity index (χ2v) is 5.10. The van der Waals surface area contributed by atoms with Gasteiger partial charge in [0.15, 0.2) is 0 Å². The summed E-state index contributed by atoms with van der Waals surface area (Å²) in [5.41, 5.74) is 7.40. The van der Waals surface area contributed by atoms with E-state index in [4.69, 9.17) is 10.5 Å². The normalized spacial score (nSPS) is 12.8. The van der Waals surface area contributed by atoms with Crippen molar-refractivity contribution in [3.63, 3.8) is 0 Å². The van der Waals surface area contributed by atoms with E-state index in [9.17, 15) is 4.79 Å². The monoisotopic (exact) mass is 241 g/mol. The van der Waals surface area contributed by atoms with Gasteiger partial charge in [-0.05, 0) is 37.1 Å². The van der Waals surface area contributed by atoms with Crippen molar-refractivity contribution in [2.24, 2.45) is 0 Å². The lowest BCUT2D eigenvalue weighted by Crippen LogP contribution is -2.14. The van der Waals surface area contributed by atoms with E-state index >= 15 is 0 Å². The van der Waals surface area contributed by atoms with Crippen LogP contribution in [0.4, 0.5) is 5.00 Å². The molecule has 0 aliphatic rings. The molecule has 0 saturated heterocycles. The summed E-state index contributed by atoms with van der Waals surface area (Å²) in [7, 11) is 0. The first-order valence-electron chi connectivity index (χ1n) is 5.55. The van der Waals surface area contributed by atoms with Crippen molar-refractivity contribution < 1.29 is 9.53 Å². The molecule has 1 unspecified atom stereocenters. The van der Waals surface area contributed by atoms with Crippen LogP contribution in [0.3, 0.4) is 0 Å². The van der Waals surface area contributed by atoms with E-state index in [0.717, 1.165) is 12.0 Å². The van der Waals surface area contributed by atoms with Gasteiger partial charge in [0.25, 0.3) is 0 Å². The molecule has 16 heavy (non-hydrogen) atoms. The highest BCUT2D eigenvalue weighted by Crippen LogP contribution is 2.33. The highest BCUT2D eigenvalue weighted by atomic mass is 32.1. The minimum atomic E-state index is -0.302.